The Morgan fingerprint density at radius 3 is 2.29 bits per heavy atom. The topological polar surface area (TPSA) is 32.7 Å². The lowest BCUT2D eigenvalue weighted by atomic mass is 9.99. The van der Waals surface area contributed by atoms with Gasteiger partial charge in [-0.3, -0.25) is 0 Å². The predicted molar refractivity (Wildman–Crippen MR) is 59.5 cm³/mol. The molecule has 86 valence electrons. The number of rotatable bonds is 7. The zero-order chi connectivity index (χ0) is 11.2. The summed E-state index contributed by atoms with van der Waals surface area (Å²) in [5, 5.41) is 9.67. The molecule has 0 aliphatic rings. The summed E-state index contributed by atoms with van der Waals surface area (Å²) < 4.78 is 5.29. The minimum atomic E-state index is -0.202. The summed E-state index contributed by atoms with van der Waals surface area (Å²) in [4.78, 5) is 2.09. The maximum absolute atomic E-state index is 9.67. The van der Waals surface area contributed by atoms with Gasteiger partial charge in [0.05, 0.1) is 11.7 Å². The average molecular weight is 203 g/mol. The SMILES string of the molecule is COC(C)(C)CCC(O)CCN(C)C. The third-order valence-corrected chi connectivity index (χ3v) is 2.54. The van der Waals surface area contributed by atoms with E-state index in [1.54, 1.807) is 7.11 Å². The molecule has 1 unspecified atom stereocenters. The molecule has 14 heavy (non-hydrogen) atoms. The molecule has 0 rings (SSSR count). The molecule has 3 nitrogen and oxygen atoms in total. The fourth-order valence-electron chi connectivity index (χ4n) is 1.17. The van der Waals surface area contributed by atoms with Crippen LogP contribution in [0, 0.1) is 0 Å². The van der Waals surface area contributed by atoms with Crippen LogP contribution in [-0.4, -0.2) is 49.5 Å². The summed E-state index contributed by atoms with van der Waals surface area (Å²) in [7, 11) is 5.75. The predicted octanol–water partition coefficient (Wildman–Crippen LogP) is 1.50. The number of ether oxygens (including phenoxy) is 1. The molecule has 0 aromatic rings. The first-order chi connectivity index (χ1) is 6.37. The highest BCUT2D eigenvalue weighted by Crippen LogP contribution is 2.17. The monoisotopic (exact) mass is 203 g/mol. The largest absolute Gasteiger partial charge is 0.393 e. The van der Waals surface area contributed by atoms with Gasteiger partial charge in [-0.25, -0.2) is 0 Å². The van der Waals surface area contributed by atoms with Crippen LogP contribution in [0.15, 0.2) is 0 Å². The van der Waals surface area contributed by atoms with Crippen LogP contribution in [0.5, 0.6) is 0 Å². The zero-order valence-electron chi connectivity index (χ0n) is 10.2. The maximum Gasteiger partial charge on any atom is 0.0623 e. The van der Waals surface area contributed by atoms with Gasteiger partial charge < -0.3 is 14.7 Å². The molecule has 0 spiro atoms. The summed E-state index contributed by atoms with van der Waals surface area (Å²) in [6, 6.07) is 0. The molecule has 0 amide bonds. The molecule has 0 heterocycles. The van der Waals surface area contributed by atoms with Crippen molar-refractivity contribution in [2.75, 3.05) is 27.7 Å². The second kappa shape index (κ2) is 6.38. The lowest BCUT2D eigenvalue weighted by molar-refractivity contribution is 0.00174. The summed E-state index contributed by atoms with van der Waals surface area (Å²) in [5.74, 6) is 0. The first kappa shape index (κ1) is 13.9. The van der Waals surface area contributed by atoms with E-state index in [0.717, 1.165) is 25.8 Å². The second-order valence-corrected chi connectivity index (χ2v) is 4.75. The van der Waals surface area contributed by atoms with Gasteiger partial charge in [0, 0.05) is 7.11 Å². The van der Waals surface area contributed by atoms with Gasteiger partial charge in [0.25, 0.3) is 0 Å². The van der Waals surface area contributed by atoms with Gasteiger partial charge in [-0.2, -0.15) is 0 Å². The summed E-state index contributed by atoms with van der Waals surface area (Å²) in [5.41, 5.74) is -0.112. The Bertz CT molecular complexity index is 146. The third kappa shape index (κ3) is 7.30. The van der Waals surface area contributed by atoms with Crippen LogP contribution < -0.4 is 0 Å². The lowest BCUT2D eigenvalue weighted by Crippen LogP contribution is -2.26. The Balaban J connectivity index is 3.58. The Kier molecular flexibility index (Phi) is 6.33. The number of aliphatic hydroxyl groups excluding tert-OH is 1. The molecule has 0 aliphatic heterocycles. The van der Waals surface area contributed by atoms with Crippen LogP contribution in [0.3, 0.4) is 0 Å². The van der Waals surface area contributed by atoms with E-state index in [1.807, 2.05) is 27.9 Å². The van der Waals surface area contributed by atoms with Gasteiger partial charge in [-0.1, -0.05) is 0 Å². The van der Waals surface area contributed by atoms with Crippen molar-refractivity contribution in [3.63, 3.8) is 0 Å². The van der Waals surface area contributed by atoms with Gasteiger partial charge >= 0.3 is 0 Å². The van der Waals surface area contributed by atoms with E-state index in [0.29, 0.717) is 0 Å². The smallest absolute Gasteiger partial charge is 0.0623 e. The first-order valence-corrected chi connectivity index (χ1v) is 5.25. The highest BCUT2D eigenvalue weighted by atomic mass is 16.5. The summed E-state index contributed by atoms with van der Waals surface area (Å²) >= 11 is 0. The van der Waals surface area contributed by atoms with E-state index in [9.17, 15) is 5.11 Å². The second-order valence-electron chi connectivity index (χ2n) is 4.75. The third-order valence-electron chi connectivity index (χ3n) is 2.54. The number of methoxy groups -OCH3 is 1. The van der Waals surface area contributed by atoms with Crippen molar-refractivity contribution in [2.45, 2.75) is 44.8 Å². The quantitative estimate of drug-likeness (QED) is 0.680. The number of hydrogen-bond acceptors (Lipinski definition) is 3. The zero-order valence-corrected chi connectivity index (χ0v) is 10.2. The maximum atomic E-state index is 9.67. The van der Waals surface area contributed by atoms with E-state index in [4.69, 9.17) is 4.74 Å². The molecule has 1 N–H and O–H groups in total. The Hall–Kier alpha value is -0.120. The van der Waals surface area contributed by atoms with Gasteiger partial charge in [0.2, 0.25) is 0 Å². The Labute approximate surface area is 88.1 Å². The lowest BCUT2D eigenvalue weighted by Gasteiger charge is -2.24. The molecule has 0 aromatic carbocycles. The van der Waals surface area contributed by atoms with Gasteiger partial charge in [-0.05, 0) is 53.8 Å². The van der Waals surface area contributed by atoms with Crippen molar-refractivity contribution < 1.29 is 9.84 Å². The Morgan fingerprint density at radius 1 is 1.29 bits per heavy atom. The van der Waals surface area contributed by atoms with E-state index >= 15 is 0 Å². The number of aliphatic hydroxyl groups is 1. The van der Waals surface area contributed by atoms with Crippen molar-refractivity contribution in [3.05, 3.63) is 0 Å². The minimum absolute atomic E-state index is 0.112. The normalized spacial score (nSPS) is 14.8. The van der Waals surface area contributed by atoms with Crippen LogP contribution in [0.2, 0.25) is 0 Å². The minimum Gasteiger partial charge on any atom is -0.393 e. The summed E-state index contributed by atoms with van der Waals surface area (Å²) in [6.45, 7) is 5.03. The standard InChI is InChI=1S/C11H25NO2/c1-11(2,14-5)8-6-10(13)7-9-12(3)4/h10,13H,6-9H2,1-5H3. The molecule has 0 aromatic heterocycles. The van der Waals surface area contributed by atoms with Crippen LogP contribution >= 0.6 is 0 Å². The van der Waals surface area contributed by atoms with Crippen molar-refractivity contribution in [1.82, 2.24) is 4.90 Å². The van der Waals surface area contributed by atoms with Gasteiger partial charge in [0.15, 0.2) is 0 Å². The fraction of sp³-hybridized carbons (Fsp3) is 1.00. The van der Waals surface area contributed by atoms with E-state index in [1.165, 1.54) is 0 Å². The molecule has 0 aliphatic carbocycles. The molecular weight excluding hydrogens is 178 g/mol. The molecule has 0 fully saturated rings. The highest BCUT2D eigenvalue weighted by Gasteiger charge is 2.17. The molecule has 3 heteroatoms. The van der Waals surface area contributed by atoms with Crippen LogP contribution in [0.4, 0.5) is 0 Å². The van der Waals surface area contributed by atoms with Gasteiger partial charge in [-0.15, -0.1) is 0 Å². The van der Waals surface area contributed by atoms with Crippen LogP contribution in [-0.2, 0) is 4.74 Å². The van der Waals surface area contributed by atoms with E-state index in [2.05, 4.69) is 4.90 Å². The molecule has 0 radical (unpaired) electrons. The summed E-state index contributed by atoms with van der Waals surface area (Å²) in [6.07, 6.45) is 2.35. The number of nitrogens with zero attached hydrogens (tertiary/aromatic N) is 1. The molecule has 0 saturated carbocycles. The van der Waals surface area contributed by atoms with Crippen LogP contribution in [0.1, 0.15) is 33.1 Å². The molecular formula is C11H25NO2. The number of hydrogen-bond donors (Lipinski definition) is 1. The first-order valence-electron chi connectivity index (χ1n) is 5.25. The highest BCUT2D eigenvalue weighted by molar-refractivity contribution is 4.70. The van der Waals surface area contributed by atoms with Crippen molar-refractivity contribution >= 4 is 0 Å². The van der Waals surface area contributed by atoms with E-state index < -0.39 is 0 Å². The fourth-order valence-corrected chi connectivity index (χ4v) is 1.17. The molecule has 0 saturated heterocycles. The average Bonchev–Trinajstić information content (AvgIpc) is 2.11. The van der Waals surface area contributed by atoms with E-state index in [-0.39, 0.29) is 11.7 Å². The van der Waals surface area contributed by atoms with Crippen molar-refractivity contribution in [3.8, 4) is 0 Å². The van der Waals surface area contributed by atoms with Crippen molar-refractivity contribution in [2.24, 2.45) is 0 Å². The molecule has 1 atom stereocenters. The van der Waals surface area contributed by atoms with Gasteiger partial charge in [0.1, 0.15) is 0 Å². The van der Waals surface area contributed by atoms with Crippen LogP contribution in [0.25, 0.3) is 0 Å². The van der Waals surface area contributed by atoms with Crippen molar-refractivity contribution in [1.29, 1.82) is 0 Å². The Morgan fingerprint density at radius 2 is 1.86 bits per heavy atom. The molecule has 0 bridgehead atoms.